The minimum atomic E-state index is -0.523. The van der Waals surface area contributed by atoms with Gasteiger partial charge >= 0.3 is 11.6 Å². The Morgan fingerprint density at radius 1 is 1.22 bits per heavy atom. The molecule has 23 heavy (non-hydrogen) atoms. The first-order valence-electron chi connectivity index (χ1n) is 7.14. The molecule has 2 aromatic heterocycles. The van der Waals surface area contributed by atoms with E-state index >= 15 is 0 Å². The Hall–Kier alpha value is -2.82. The Labute approximate surface area is 132 Å². The number of hydrogen-bond donors (Lipinski definition) is 0. The molecule has 5 heteroatoms. The van der Waals surface area contributed by atoms with Crippen molar-refractivity contribution in [3.8, 4) is 5.75 Å². The third kappa shape index (κ3) is 2.34. The summed E-state index contributed by atoms with van der Waals surface area (Å²) in [6, 6.07) is 4.61. The minimum Gasteiger partial charge on any atom is -0.464 e. The van der Waals surface area contributed by atoms with Crippen LogP contribution < -0.4 is 10.4 Å². The van der Waals surface area contributed by atoms with Gasteiger partial charge in [-0.15, -0.1) is 6.58 Å². The SMILES string of the molecule is C=CC(C)(C)c1c(OC(C)=O)c2ccc(=O)oc2c2ccoc12. The number of rotatable bonds is 3. The van der Waals surface area contributed by atoms with Crippen LogP contribution in [0.25, 0.3) is 21.9 Å². The maximum absolute atomic E-state index is 11.6. The van der Waals surface area contributed by atoms with Crippen LogP contribution in [-0.2, 0) is 10.2 Å². The van der Waals surface area contributed by atoms with Gasteiger partial charge < -0.3 is 13.6 Å². The van der Waals surface area contributed by atoms with Crippen molar-refractivity contribution in [3.05, 3.63) is 53.1 Å². The molecular formula is C18H16O5. The van der Waals surface area contributed by atoms with Crippen LogP contribution in [0.5, 0.6) is 5.75 Å². The molecule has 3 rings (SSSR count). The molecule has 0 saturated heterocycles. The average Bonchev–Trinajstić information content (AvgIpc) is 2.95. The van der Waals surface area contributed by atoms with Crippen LogP contribution in [-0.4, -0.2) is 5.97 Å². The molecule has 0 aliphatic rings. The van der Waals surface area contributed by atoms with Crippen molar-refractivity contribution in [2.24, 2.45) is 0 Å². The fraction of sp³-hybridized carbons (Fsp3) is 0.222. The molecule has 0 aliphatic carbocycles. The highest BCUT2D eigenvalue weighted by atomic mass is 16.5. The van der Waals surface area contributed by atoms with E-state index in [1.807, 2.05) is 13.8 Å². The van der Waals surface area contributed by atoms with E-state index in [2.05, 4.69) is 6.58 Å². The van der Waals surface area contributed by atoms with E-state index in [-0.39, 0.29) is 0 Å². The number of ether oxygens (including phenoxy) is 1. The van der Waals surface area contributed by atoms with Crippen molar-refractivity contribution < 1.29 is 18.4 Å². The van der Waals surface area contributed by atoms with Crippen molar-refractivity contribution in [2.75, 3.05) is 0 Å². The molecule has 0 spiro atoms. The largest absolute Gasteiger partial charge is 0.464 e. The third-order valence-electron chi connectivity index (χ3n) is 3.84. The summed E-state index contributed by atoms with van der Waals surface area (Å²) in [4.78, 5) is 23.2. The number of esters is 1. The molecule has 0 aliphatic heterocycles. The fourth-order valence-corrected chi connectivity index (χ4v) is 2.65. The monoisotopic (exact) mass is 312 g/mol. The third-order valence-corrected chi connectivity index (χ3v) is 3.84. The molecule has 118 valence electrons. The topological polar surface area (TPSA) is 69.7 Å². The van der Waals surface area contributed by atoms with Gasteiger partial charge in [0.2, 0.25) is 0 Å². The maximum Gasteiger partial charge on any atom is 0.336 e. The van der Waals surface area contributed by atoms with Crippen molar-refractivity contribution >= 4 is 27.9 Å². The van der Waals surface area contributed by atoms with Crippen LogP contribution >= 0.6 is 0 Å². The first-order chi connectivity index (χ1) is 10.8. The molecule has 0 atom stereocenters. The van der Waals surface area contributed by atoms with E-state index in [0.717, 1.165) is 0 Å². The summed E-state index contributed by atoms with van der Waals surface area (Å²) in [5.74, 6) is -0.145. The van der Waals surface area contributed by atoms with Crippen LogP contribution in [0.15, 0.2) is 50.7 Å². The van der Waals surface area contributed by atoms with Crippen LogP contribution in [0, 0.1) is 0 Å². The Morgan fingerprint density at radius 2 is 1.96 bits per heavy atom. The number of allylic oxidation sites excluding steroid dienone is 1. The molecule has 3 aromatic rings. The lowest BCUT2D eigenvalue weighted by molar-refractivity contribution is -0.131. The van der Waals surface area contributed by atoms with E-state index in [9.17, 15) is 9.59 Å². The predicted molar refractivity (Wildman–Crippen MR) is 86.8 cm³/mol. The number of carbonyl (C=O) groups excluding carboxylic acids is 1. The summed E-state index contributed by atoms with van der Waals surface area (Å²) in [5.41, 5.74) is 0.522. The van der Waals surface area contributed by atoms with Gasteiger partial charge in [-0.25, -0.2) is 4.79 Å². The summed E-state index contributed by atoms with van der Waals surface area (Å²) in [7, 11) is 0. The molecule has 0 N–H and O–H groups in total. The smallest absolute Gasteiger partial charge is 0.336 e. The Kier molecular flexibility index (Phi) is 3.36. The molecule has 1 aromatic carbocycles. The summed E-state index contributed by atoms with van der Waals surface area (Å²) in [5, 5.41) is 1.19. The van der Waals surface area contributed by atoms with Crippen LogP contribution in [0.1, 0.15) is 26.3 Å². The first kappa shape index (κ1) is 15.1. The highest BCUT2D eigenvalue weighted by Crippen LogP contribution is 2.44. The zero-order valence-electron chi connectivity index (χ0n) is 13.1. The quantitative estimate of drug-likeness (QED) is 0.317. The Morgan fingerprint density at radius 3 is 2.61 bits per heavy atom. The van der Waals surface area contributed by atoms with Gasteiger partial charge in [-0.05, 0) is 12.1 Å². The molecule has 0 saturated carbocycles. The zero-order chi connectivity index (χ0) is 16.8. The molecular weight excluding hydrogens is 296 g/mol. The minimum absolute atomic E-state index is 0.323. The molecule has 0 unspecified atom stereocenters. The maximum atomic E-state index is 11.6. The number of benzene rings is 1. The second kappa shape index (κ2) is 5.12. The predicted octanol–water partition coefficient (Wildman–Crippen LogP) is 3.93. The van der Waals surface area contributed by atoms with Gasteiger partial charge in [-0.2, -0.15) is 0 Å². The number of hydrogen-bond acceptors (Lipinski definition) is 5. The highest BCUT2D eigenvalue weighted by molar-refractivity contribution is 6.08. The zero-order valence-corrected chi connectivity index (χ0v) is 13.1. The highest BCUT2D eigenvalue weighted by Gasteiger charge is 2.30. The Bertz CT molecular complexity index is 988. The lowest BCUT2D eigenvalue weighted by atomic mass is 9.82. The number of carbonyl (C=O) groups is 1. The van der Waals surface area contributed by atoms with Gasteiger partial charge in [0, 0.05) is 24.0 Å². The summed E-state index contributed by atoms with van der Waals surface area (Å²) in [6.07, 6.45) is 3.26. The van der Waals surface area contributed by atoms with E-state index < -0.39 is 17.0 Å². The molecule has 0 fully saturated rings. The van der Waals surface area contributed by atoms with Crippen molar-refractivity contribution in [2.45, 2.75) is 26.2 Å². The van der Waals surface area contributed by atoms with Gasteiger partial charge in [0.05, 0.1) is 17.0 Å². The molecule has 0 bridgehead atoms. The summed E-state index contributed by atoms with van der Waals surface area (Å²) >= 11 is 0. The molecule has 2 heterocycles. The lowest BCUT2D eigenvalue weighted by Crippen LogP contribution is -2.17. The van der Waals surface area contributed by atoms with Crippen molar-refractivity contribution in [1.29, 1.82) is 0 Å². The lowest BCUT2D eigenvalue weighted by Gasteiger charge is -2.24. The van der Waals surface area contributed by atoms with Crippen LogP contribution in [0.3, 0.4) is 0 Å². The number of furan rings is 1. The standard InChI is InChI=1S/C18H16O5/c1-5-18(3,4)14-16-12(8-9-21-16)15-11(6-7-13(20)23-15)17(14)22-10(2)19/h5-9H,1H2,2-4H3. The summed E-state index contributed by atoms with van der Waals surface area (Å²) in [6.45, 7) is 9.06. The van der Waals surface area contributed by atoms with Crippen molar-refractivity contribution in [3.63, 3.8) is 0 Å². The van der Waals surface area contributed by atoms with E-state index in [1.165, 1.54) is 19.3 Å². The van der Waals surface area contributed by atoms with Gasteiger partial charge in [-0.1, -0.05) is 19.9 Å². The molecule has 0 radical (unpaired) electrons. The average molecular weight is 312 g/mol. The molecule has 5 nitrogen and oxygen atoms in total. The second-order valence-corrected chi connectivity index (χ2v) is 5.88. The molecule has 0 amide bonds. The summed E-state index contributed by atoms with van der Waals surface area (Å²) < 4.78 is 16.4. The van der Waals surface area contributed by atoms with Gasteiger partial charge in [-0.3, -0.25) is 4.79 Å². The van der Waals surface area contributed by atoms with Crippen molar-refractivity contribution in [1.82, 2.24) is 0 Å². The Balaban J connectivity index is 2.59. The first-order valence-corrected chi connectivity index (χ1v) is 7.14. The van der Waals surface area contributed by atoms with Gasteiger partial charge in [0.1, 0.15) is 11.3 Å². The van der Waals surface area contributed by atoms with Gasteiger partial charge in [0.25, 0.3) is 0 Å². The van der Waals surface area contributed by atoms with E-state index in [1.54, 1.807) is 18.2 Å². The van der Waals surface area contributed by atoms with Gasteiger partial charge in [0.15, 0.2) is 5.58 Å². The van der Waals surface area contributed by atoms with E-state index in [4.69, 9.17) is 13.6 Å². The van der Waals surface area contributed by atoms with Crippen LogP contribution in [0.4, 0.5) is 0 Å². The normalized spacial score (nSPS) is 11.8. The van der Waals surface area contributed by atoms with E-state index in [0.29, 0.717) is 33.3 Å². The van der Waals surface area contributed by atoms with Crippen LogP contribution in [0.2, 0.25) is 0 Å². The second-order valence-electron chi connectivity index (χ2n) is 5.88. The number of fused-ring (bicyclic) bond motifs is 3. The fourth-order valence-electron chi connectivity index (χ4n) is 2.65.